The number of benzene rings is 1. The molecule has 1 aromatic rings. The summed E-state index contributed by atoms with van der Waals surface area (Å²) in [4.78, 5) is 13.7. The van der Waals surface area contributed by atoms with Gasteiger partial charge in [0.15, 0.2) is 0 Å². The van der Waals surface area contributed by atoms with Gasteiger partial charge < -0.3 is 4.74 Å². The van der Waals surface area contributed by atoms with Crippen LogP contribution in [-0.4, -0.2) is 29.6 Å². The van der Waals surface area contributed by atoms with Crippen LogP contribution in [0.1, 0.15) is 46.2 Å². The van der Waals surface area contributed by atoms with Gasteiger partial charge in [0.2, 0.25) is 6.36 Å². The number of alkyl halides is 1. The van der Waals surface area contributed by atoms with Crippen LogP contribution in [-0.2, 0) is 4.79 Å². The maximum atomic E-state index is 12.8. The third-order valence-corrected chi connectivity index (χ3v) is 3.99. The second kappa shape index (κ2) is 6.35. The highest BCUT2D eigenvalue weighted by Crippen LogP contribution is 2.28. The number of ether oxygens (including phenoxy) is 1. The Balaban J connectivity index is 2.87. The molecule has 0 bridgehead atoms. The van der Waals surface area contributed by atoms with Crippen molar-refractivity contribution < 1.29 is 13.9 Å². The number of likely N-dealkylation sites (N-methyl/N-ethyl adjacent to an activating group) is 1. The smallest absolute Gasteiger partial charge is 0.235 e. The Morgan fingerprint density at radius 3 is 2.15 bits per heavy atom. The first-order chi connectivity index (χ1) is 9.16. The molecule has 0 aromatic heterocycles. The quantitative estimate of drug-likeness (QED) is 0.795. The summed E-state index contributed by atoms with van der Waals surface area (Å²) in [5, 5.41) is 0. The van der Waals surface area contributed by atoms with Crippen molar-refractivity contribution in [3.63, 3.8) is 0 Å². The van der Waals surface area contributed by atoms with Gasteiger partial charge in [0, 0.05) is 13.0 Å². The van der Waals surface area contributed by atoms with E-state index in [0.717, 1.165) is 5.56 Å². The van der Waals surface area contributed by atoms with E-state index in [0.29, 0.717) is 5.75 Å². The van der Waals surface area contributed by atoms with Crippen LogP contribution in [0.3, 0.4) is 0 Å². The molecule has 112 valence electrons. The van der Waals surface area contributed by atoms with Crippen molar-refractivity contribution in [3.8, 4) is 5.75 Å². The van der Waals surface area contributed by atoms with Crippen LogP contribution in [0, 0.1) is 0 Å². The third kappa shape index (κ3) is 3.79. The average Bonchev–Trinajstić information content (AvgIpc) is 2.37. The maximum absolute atomic E-state index is 12.8. The van der Waals surface area contributed by atoms with E-state index in [2.05, 4.69) is 0 Å². The zero-order chi connectivity index (χ0) is 15.5. The number of ketones is 1. The fraction of sp³-hybridized carbons (Fsp3) is 0.562. The van der Waals surface area contributed by atoms with Crippen molar-refractivity contribution in [1.82, 2.24) is 4.90 Å². The van der Waals surface area contributed by atoms with Gasteiger partial charge in [0.1, 0.15) is 11.5 Å². The molecule has 2 unspecified atom stereocenters. The fourth-order valence-corrected chi connectivity index (χ4v) is 1.97. The highest BCUT2D eigenvalue weighted by atomic mass is 19.1. The van der Waals surface area contributed by atoms with Gasteiger partial charge in [-0.15, -0.1) is 0 Å². The molecule has 0 saturated heterocycles. The molecule has 0 radical (unpaired) electrons. The van der Waals surface area contributed by atoms with Gasteiger partial charge in [-0.1, -0.05) is 12.1 Å². The number of rotatable bonds is 6. The van der Waals surface area contributed by atoms with E-state index >= 15 is 0 Å². The minimum atomic E-state index is -1.32. The SMILES string of the molecule is CC(=O)C(C)(C)N(C)C(C)c1ccc(OC(C)F)cc1. The van der Waals surface area contributed by atoms with Crippen LogP contribution in [0.4, 0.5) is 4.39 Å². The summed E-state index contributed by atoms with van der Waals surface area (Å²) in [5.74, 6) is 0.627. The van der Waals surface area contributed by atoms with Gasteiger partial charge in [-0.25, -0.2) is 4.39 Å². The van der Waals surface area contributed by atoms with Crippen molar-refractivity contribution in [1.29, 1.82) is 0 Å². The molecule has 1 rings (SSSR count). The Kier molecular flexibility index (Phi) is 5.28. The minimum absolute atomic E-state index is 0.0748. The van der Waals surface area contributed by atoms with Crippen LogP contribution in [0.5, 0.6) is 5.75 Å². The van der Waals surface area contributed by atoms with Gasteiger partial charge in [-0.05, 0) is 52.4 Å². The van der Waals surface area contributed by atoms with E-state index < -0.39 is 11.9 Å². The van der Waals surface area contributed by atoms with Crippen LogP contribution >= 0.6 is 0 Å². The molecule has 3 nitrogen and oxygen atoms in total. The van der Waals surface area contributed by atoms with Crippen LogP contribution in [0.15, 0.2) is 24.3 Å². The van der Waals surface area contributed by atoms with Gasteiger partial charge in [0.25, 0.3) is 0 Å². The zero-order valence-corrected chi connectivity index (χ0v) is 13.1. The Morgan fingerprint density at radius 2 is 1.75 bits per heavy atom. The molecule has 0 N–H and O–H groups in total. The molecule has 0 spiro atoms. The highest BCUT2D eigenvalue weighted by molar-refractivity contribution is 5.85. The summed E-state index contributed by atoms with van der Waals surface area (Å²) in [7, 11) is 1.93. The molecular weight excluding hydrogens is 257 g/mol. The van der Waals surface area contributed by atoms with Crippen LogP contribution in [0.2, 0.25) is 0 Å². The number of halogens is 1. The van der Waals surface area contributed by atoms with Crippen molar-refractivity contribution in [3.05, 3.63) is 29.8 Å². The number of nitrogens with zero attached hydrogens (tertiary/aromatic N) is 1. The summed E-state index contributed by atoms with van der Waals surface area (Å²) in [5.41, 5.74) is 0.530. The average molecular weight is 281 g/mol. The summed E-state index contributed by atoms with van der Waals surface area (Å²) in [6.07, 6.45) is -1.32. The second-order valence-electron chi connectivity index (χ2n) is 5.63. The number of hydrogen-bond donors (Lipinski definition) is 0. The van der Waals surface area contributed by atoms with E-state index in [9.17, 15) is 9.18 Å². The lowest BCUT2D eigenvalue weighted by Gasteiger charge is -2.38. The predicted octanol–water partition coefficient (Wildman–Crippen LogP) is 3.74. The molecule has 0 heterocycles. The third-order valence-electron chi connectivity index (χ3n) is 3.99. The standard InChI is InChI=1S/C16H24FNO2/c1-11(18(6)16(4,5)12(2)19)14-7-9-15(10-8-14)20-13(3)17/h7-11,13H,1-6H3. The number of carbonyl (C=O) groups is 1. The van der Waals surface area contributed by atoms with Gasteiger partial charge in [-0.2, -0.15) is 0 Å². The molecule has 0 amide bonds. The van der Waals surface area contributed by atoms with Crippen molar-refractivity contribution in [2.24, 2.45) is 0 Å². The number of hydrogen-bond acceptors (Lipinski definition) is 3. The van der Waals surface area contributed by atoms with E-state index in [-0.39, 0.29) is 11.8 Å². The highest BCUT2D eigenvalue weighted by Gasteiger charge is 2.32. The Labute approximate surface area is 120 Å². The largest absolute Gasteiger partial charge is 0.461 e. The summed E-state index contributed by atoms with van der Waals surface area (Å²) in [6, 6.07) is 7.36. The molecule has 20 heavy (non-hydrogen) atoms. The van der Waals surface area contributed by atoms with Crippen molar-refractivity contribution in [2.45, 2.75) is 52.6 Å². The zero-order valence-electron chi connectivity index (χ0n) is 13.1. The lowest BCUT2D eigenvalue weighted by atomic mass is 9.94. The molecular formula is C16H24FNO2. The lowest BCUT2D eigenvalue weighted by molar-refractivity contribution is -0.127. The fourth-order valence-electron chi connectivity index (χ4n) is 1.97. The van der Waals surface area contributed by atoms with Gasteiger partial charge in [-0.3, -0.25) is 9.69 Å². The number of Topliss-reactive ketones (excluding diaryl/α,β-unsaturated/α-hetero) is 1. The van der Waals surface area contributed by atoms with Gasteiger partial charge in [0.05, 0.1) is 5.54 Å². The first kappa shape index (κ1) is 16.6. The normalized spacial score (nSPS) is 15.0. The molecule has 4 heteroatoms. The Bertz CT molecular complexity index is 454. The summed E-state index contributed by atoms with van der Waals surface area (Å²) in [6.45, 7) is 8.81. The first-order valence-electron chi connectivity index (χ1n) is 6.81. The maximum Gasteiger partial charge on any atom is 0.235 e. The topological polar surface area (TPSA) is 29.5 Å². The summed E-state index contributed by atoms with van der Waals surface area (Å²) < 4.78 is 17.7. The second-order valence-corrected chi connectivity index (χ2v) is 5.63. The van der Waals surface area contributed by atoms with Gasteiger partial charge >= 0.3 is 0 Å². The predicted molar refractivity (Wildman–Crippen MR) is 78.6 cm³/mol. The van der Waals surface area contributed by atoms with E-state index in [1.54, 1.807) is 19.1 Å². The van der Waals surface area contributed by atoms with E-state index in [1.165, 1.54) is 6.92 Å². The monoisotopic (exact) mass is 281 g/mol. The van der Waals surface area contributed by atoms with Crippen LogP contribution < -0.4 is 4.74 Å². The lowest BCUT2D eigenvalue weighted by Crippen LogP contribution is -2.47. The van der Waals surface area contributed by atoms with E-state index in [1.807, 2.05) is 44.9 Å². The molecule has 1 aromatic carbocycles. The molecule has 0 aliphatic carbocycles. The first-order valence-corrected chi connectivity index (χ1v) is 6.81. The van der Waals surface area contributed by atoms with Crippen molar-refractivity contribution in [2.75, 3.05) is 7.05 Å². The molecule has 0 aliphatic heterocycles. The number of carbonyl (C=O) groups excluding carboxylic acids is 1. The summed E-state index contributed by atoms with van der Waals surface area (Å²) >= 11 is 0. The molecule has 0 saturated carbocycles. The Hall–Kier alpha value is -1.42. The minimum Gasteiger partial charge on any atom is -0.461 e. The Morgan fingerprint density at radius 1 is 1.25 bits per heavy atom. The van der Waals surface area contributed by atoms with Crippen LogP contribution in [0.25, 0.3) is 0 Å². The van der Waals surface area contributed by atoms with Crippen molar-refractivity contribution >= 4 is 5.78 Å². The molecule has 2 atom stereocenters. The van der Waals surface area contributed by atoms with E-state index in [4.69, 9.17) is 4.74 Å². The molecule has 0 aliphatic rings. The molecule has 0 fully saturated rings.